The number of Topliss-reactive ketones (excluding diaryl/α,β-unsaturated/α-hetero) is 1. The van der Waals surface area contributed by atoms with E-state index in [0.717, 1.165) is 51.4 Å². The molecule has 3 N–H and O–H groups in total. The molecule has 4 amide bonds. The standard InChI is InChI=1S/C32H50N4O6/c1-6-12-22(27(37)29(39)33-17-7-2)34-28(38)26-24-21(32(24,4)5)18-36(26)30(40)25(20-14-9-8-10-15-20)35-31(41)42-23-16-11-13-19(23)3/h7,19-26H,2,6,8-18H2,1,3-5H3,(H,33,39)(H,34,38)(H,35,41)/t19?,21?,22?,23?,24-,25-,26-/m0/s1. The van der Waals surface area contributed by atoms with Gasteiger partial charge in [-0.05, 0) is 67.6 Å². The van der Waals surface area contributed by atoms with Gasteiger partial charge in [-0.1, -0.05) is 59.5 Å². The number of fused-ring (bicyclic) bond motifs is 1. The molecule has 0 aromatic heterocycles. The molecule has 4 fully saturated rings. The number of piperidine rings is 1. The summed E-state index contributed by atoms with van der Waals surface area (Å²) in [5.74, 6) is -1.82. The molecule has 3 aliphatic carbocycles. The molecule has 1 aliphatic heterocycles. The average molecular weight is 587 g/mol. The first-order valence-corrected chi connectivity index (χ1v) is 16.0. The summed E-state index contributed by atoms with van der Waals surface area (Å²) in [5.41, 5.74) is -0.129. The number of hydrogen-bond acceptors (Lipinski definition) is 6. The van der Waals surface area contributed by atoms with Crippen LogP contribution in [0.4, 0.5) is 4.79 Å². The second-order valence-corrected chi connectivity index (χ2v) is 13.5. The molecule has 7 atom stereocenters. The molecule has 0 bridgehead atoms. The van der Waals surface area contributed by atoms with Crippen molar-refractivity contribution in [1.29, 1.82) is 0 Å². The van der Waals surface area contributed by atoms with Crippen LogP contribution in [0, 0.1) is 29.1 Å². The number of nitrogens with zero attached hydrogens (tertiary/aromatic N) is 1. The van der Waals surface area contributed by atoms with Crippen LogP contribution >= 0.6 is 0 Å². The molecule has 3 saturated carbocycles. The fraction of sp³-hybridized carbons (Fsp3) is 0.781. The Labute approximate surface area is 250 Å². The second-order valence-electron chi connectivity index (χ2n) is 13.5. The Bertz CT molecular complexity index is 1050. The quantitative estimate of drug-likeness (QED) is 0.237. The van der Waals surface area contributed by atoms with Crippen LogP contribution in [-0.4, -0.2) is 71.8 Å². The van der Waals surface area contributed by atoms with Crippen molar-refractivity contribution in [2.75, 3.05) is 13.1 Å². The summed E-state index contributed by atoms with van der Waals surface area (Å²) in [5, 5.41) is 8.26. The van der Waals surface area contributed by atoms with Crippen molar-refractivity contribution >= 4 is 29.6 Å². The van der Waals surface area contributed by atoms with Gasteiger partial charge in [0.05, 0.1) is 6.04 Å². The maximum absolute atomic E-state index is 14.3. The Morgan fingerprint density at radius 2 is 1.74 bits per heavy atom. The van der Waals surface area contributed by atoms with Gasteiger partial charge < -0.3 is 25.6 Å². The normalized spacial score (nSPS) is 29.5. The van der Waals surface area contributed by atoms with Crippen LogP contribution in [0.2, 0.25) is 0 Å². The summed E-state index contributed by atoms with van der Waals surface area (Å²) in [4.78, 5) is 68.2. The minimum Gasteiger partial charge on any atom is -0.446 e. The summed E-state index contributed by atoms with van der Waals surface area (Å²) < 4.78 is 5.77. The molecular formula is C32H50N4O6. The number of likely N-dealkylation sites (tertiary alicyclic amines) is 1. The van der Waals surface area contributed by atoms with Crippen LogP contribution < -0.4 is 16.0 Å². The lowest BCUT2D eigenvalue weighted by Crippen LogP contribution is -2.59. The van der Waals surface area contributed by atoms with Crippen LogP contribution in [0.3, 0.4) is 0 Å². The zero-order valence-electron chi connectivity index (χ0n) is 25.8. The Balaban J connectivity index is 1.52. The minimum atomic E-state index is -0.985. The zero-order valence-corrected chi connectivity index (χ0v) is 25.8. The lowest BCUT2D eigenvalue weighted by molar-refractivity contribution is -0.145. The molecule has 4 unspecified atom stereocenters. The van der Waals surface area contributed by atoms with E-state index in [-0.39, 0.29) is 41.7 Å². The largest absolute Gasteiger partial charge is 0.446 e. The van der Waals surface area contributed by atoms with Crippen molar-refractivity contribution in [1.82, 2.24) is 20.9 Å². The van der Waals surface area contributed by atoms with Gasteiger partial charge in [-0.15, -0.1) is 6.58 Å². The Morgan fingerprint density at radius 1 is 1.02 bits per heavy atom. The average Bonchev–Trinajstić information content (AvgIpc) is 3.30. The summed E-state index contributed by atoms with van der Waals surface area (Å²) in [6.45, 7) is 12.3. The van der Waals surface area contributed by atoms with Gasteiger partial charge in [0.25, 0.3) is 5.91 Å². The highest BCUT2D eigenvalue weighted by atomic mass is 16.6. The molecule has 0 aromatic rings. The molecule has 4 rings (SSSR count). The van der Waals surface area contributed by atoms with E-state index >= 15 is 0 Å². The Kier molecular flexibility index (Phi) is 10.4. The van der Waals surface area contributed by atoms with E-state index in [1.165, 1.54) is 6.08 Å². The summed E-state index contributed by atoms with van der Waals surface area (Å²) >= 11 is 0. The number of ketones is 1. The van der Waals surface area contributed by atoms with Gasteiger partial charge in [0.1, 0.15) is 18.2 Å². The lowest BCUT2D eigenvalue weighted by Gasteiger charge is -2.37. The third kappa shape index (κ3) is 6.83. The number of amides is 4. The van der Waals surface area contributed by atoms with Gasteiger partial charge >= 0.3 is 6.09 Å². The van der Waals surface area contributed by atoms with Gasteiger partial charge in [-0.25, -0.2) is 4.79 Å². The predicted octanol–water partition coefficient (Wildman–Crippen LogP) is 3.49. The SMILES string of the molecule is C=CCNC(=O)C(=O)C(CCC)NC(=O)[C@@H]1[C@@H]2C(CN1C(=O)[C@@H](NC(=O)OC1CCCC1C)C1CCCCC1)C2(C)C. The number of carbonyl (C=O) groups is 5. The maximum Gasteiger partial charge on any atom is 0.408 e. The number of hydrogen-bond donors (Lipinski definition) is 3. The highest BCUT2D eigenvalue weighted by Gasteiger charge is 2.69. The minimum absolute atomic E-state index is 0.0311. The molecular weight excluding hydrogens is 536 g/mol. The molecule has 234 valence electrons. The highest BCUT2D eigenvalue weighted by Crippen LogP contribution is 2.65. The molecule has 42 heavy (non-hydrogen) atoms. The second kappa shape index (κ2) is 13.6. The molecule has 0 radical (unpaired) electrons. The first-order chi connectivity index (χ1) is 20.0. The van der Waals surface area contributed by atoms with Crippen molar-refractivity contribution in [3.8, 4) is 0 Å². The van der Waals surface area contributed by atoms with E-state index in [1.807, 2.05) is 6.92 Å². The summed E-state index contributed by atoms with van der Waals surface area (Å²) in [7, 11) is 0. The Hall–Kier alpha value is -2.91. The lowest BCUT2D eigenvalue weighted by atomic mass is 9.83. The van der Waals surface area contributed by atoms with Crippen molar-refractivity contribution in [2.45, 2.75) is 116 Å². The summed E-state index contributed by atoms with van der Waals surface area (Å²) in [6, 6.07) is -2.54. The predicted molar refractivity (Wildman–Crippen MR) is 158 cm³/mol. The highest BCUT2D eigenvalue weighted by molar-refractivity contribution is 6.38. The number of rotatable bonds is 12. The molecule has 0 spiro atoms. The number of nitrogens with one attached hydrogen (secondary N) is 3. The van der Waals surface area contributed by atoms with Crippen molar-refractivity contribution in [3.05, 3.63) is 12.7 Å². The third-order valence-corrected chi connectivity index (χ3v) is 10.3. The zero-order chi connectivity index (χ0) is 30.6. The van der Waals surface area contributed by atoms with E-state index in [2.05, 4.69) is 43.3 Å². The van der Waals surface area contributed by atoms with Crippen molar-refractivity contribution < 1.29 is 28.7 Å². The summed E-state index contributed by atoms with van der Waals surface area (Å²) in [6.07, 6.45) is 9.25. The monoisotopic (exact) mass is 586 g/mol. The van der Waals surface area contributed by atoms with E-state index in [0.29, 0.717) is 25.3 Å². The van der Waals surface area contributed by atoms with Gasteiger partial charge in [-0.2, -0.15) is 0 Å². The molecule has 1 saturated heterocycles. The molecule has 1 heterocycles. The molecule has 10 heteroatoms. The Morgan fingerprint density at radius 3 is 2.36 bits per heavy atom. The first-order valence-electron chi connectivity index (χ1n) is 16.0. The van der Waals surface area contributed by atoms with Gasteiger partial charge in [0, 0.05) is 13.1 Å². The van der Waals surface area contributed by atoms with E-state index in [4.69, 9.17) is 4.74 Å². The van der Waals surface area contributed by atoms with Crippen LogP contribution in [-0.2, 0) is 23.9 Å². The van der Waals surface area contributed by atoms with E-state index in [1.54, 1.807) is 4.90 Å². The van der Waals surface area contributed by atoms with Crippen molar-refractivity contribution in [2.24, 2.45) is 29.1 Å². The smallest absolute Gasteiger partial charge is 0.408 e. The first kappa shape index (κ1) is 32.0. The van der Waals surface area contributed by atoms with Crippen LogP contribution in [0.15, 0.2) is 12.7 Å². The maximum atomic E-state index is 14.3. The number of ether oxygens (including phenoxy) is 1. The van der Waals surface area contributed by atoms with Crippen molar-refractivity contribution in [3.63, 3.8) is 0 Å². The van der Waals surface area contributed by atoms with Gasteiger partial charge in [-0.3, -0.25) is 19.2 Å². The van der Waals surface area contributed by atoms with Crippen LogP contribution in [0.25, 0.3) is 0 Å². The number of alkyl carbamates (subject to hydrolysis) is 1. The van der Waals surface area contributed by atoms with E-state index in [9.17, 15) is 24.0 Å². The number of carbonyl (C=O) groups excluding carboxylic acids is 5. The fourth-order valence-corrected chi connectivity index (χ4v) is 7.65. The van der Waals surface area contributed by atoms with Crippen LogP contribution in [0.1, 0.15) is 91.9 Å². The topological polar surface area (TPSA) is 134 Å². The molecule has 0 aromatic carbocycles. The van der Waals surface area contributed by atoms with Gasteiger partial charge in [0.15, 0.2) is 0 Å². The third-order valence-electron chi connectivity index (χ3n) is 10.3. The van der Waals surface area contributed by atoms with Gasteiger partial charge in [0.2, 0.25) is 17.6 Å². The van der Waals surface area contributed by atoms with E-state index < -0.39 is 41.8 Å². The fourth-order valence-electron chi connectivity index (χ4n) is 7.65. The molecule has 10 nitrogen and oxygen atoms in total. The van der Waals surface area contributed by atoms with Crippen LogP contribution in [0.5, 0.6) is 0 Å². The molecule has 4 aliphatic rings.